The predicted molar refractivity (Wildman–Crippen MR) is 153 cm³/mol. The van der Waals surface area contributed by atoms with Crippen LogP contribution in [0.1, 0.15) is 19.8 Å². The molecule has 0 radical (unpaired) electrons. The van der Waals surface area contributed by atoms with Gasteiger partial charge < -0.3 is 65.1 Å². The van der Waals surface area contributed by atoms with Gasteiger partial charge in [-0.2, -0.15) is 0 Å². The van der Waals surface area contributed by atoms with Crippen LogP contribution < -0.4 is 22.1 Å². The van der Waals surface area contributed by atoms with E-state index in [9.17, 15) is 14.4 Å². The van der Waals surface area contributed by atoms with Crippen LogP contribution in [-0.4, -0.2) is 155 Å². The standard InChI is InChI=1S/C14H30N2O5.C12H24N2O7/c1-2-3-5-16-14(17)13-21-12-11-20-10-9-19-8-7-18-6-4-15;13-1-2-18-3-4-19-5-6-20-7-8-21-10-11(15)14-9-12(16)17/h2-13,15H2,1H3,(H,16,17);1-10,13H2,(H,14,15)(H,16,17). The van der Waals surface area contributed by atoms with Crippen molar-refractivity contribution < 1.29 is 57.4 Å². The zero-order valence-corrected chi connectivity index (χ0v) is 25.1. The SMILES string of the molecule is CCCCNC(=O)COCCOCCOCCOCCN.NCCOCCOCCOCCOCC(=O)NCC(=O)O. The van der Waals surface area contributed by atoms with Crippen LogP contribution in [0.15, 0.2) is 0 Å². The molecular formula is C26H54N4O12. The first kappa shape index (κ1) is 42.1. The van der Waals surface area contributed by atoms with E-state index in [1.807, 2.05) is 0 Å². The van der Waals surface area contributed by atoms with Crippen molar-refractivity contribution in [3.63, 3.8) is 0 Å². The largest absolute Gasteiger partial charge is 0.480 e. The van der Waals surface area contributed by atoms with Gasteiger partial charge >= 0.3 is 5.97 Å². The van der Waals surface area contributed by atoms with Gasteiger partial charge in [0.05, 0.1) is 92.5 Å². The molecule has 0 heterocycles. The van der Waals surface area contributed by atoms with Gasteiger partial charge in [-0.05, 0) is 6.42 Å². The Kier molecular flexibility index (Phi) is 37.2. The maximum absolute atomic E-state index is 11.3. The molecule has 16 heteroatoms. The molecule has 7 N–H and O–H groups in total. The van der Waals surface area contributed by atoms with Crippen molar-refractivity contribution in [2.75, 3.05) is 132 Å². The van der Waals surface area contributed by atoms with E-state index in [1.54, 1.807) is 0 Å². The van der Waals surface area contributed by atoms with Gasteiger partial charge in [0, 0.05) is 19.6 Å². The number of hydrogen-bond donors (Lipinski definition) is 5. The van der Waals surface area contributed by atoms with Crippen molar-refractivity contribution in [3.8, 4) is 0 Å². The topological polar surface area (TPSA) is 221 Å². The minimum absolute atomic E-state index is 0.0794. The summed E-state index contributed by atoms with van der Waals surface area (Å²) in [5.41, 5.74) is 10.5. The molecule has 0 bridgehead atoms. The maximum Gasteiger partial charge on any atom is 0.322 e. The lowest BCUT2D eigenvalue weighted by Gasteiger charge is -2.07. The molecule has 0 aromatic heterocycles. The van der Waals surface area contributed by atoms with Crippen molar-refractivity contribution in [3.05, 3.63) is 0 Å². The molecule has 16 nitrogen and oxygen atoms in total. The van der Waals surface area contributed by atoms with Gasteiger partial charge in [0.2, 0.25) is 11.8 Å². The summed E-state index contributed by atoms with van der Waals surface area (Å²) in [5, 5.41) is 13.3. The molecule has 0 aliphatic rings. The highest BCUT2D eigenvalue weighted by Crippen LogP contribution is 1.85. The third-order valence-corrected chi connectivity index (χ3v) is 4.51. The number of nitrogens with one attached hydrogen (secondary N) is 2. The number of nitrogens with two attached hydrogens (primary N) is 2. The van der Waals surface area contributed by atoms with E-state index >= 15 is 0 Å². The second kappa shape index (κ2) is 37.0. The van der Waals surface area contributed by atoms with E-state index in [1.165, 1.54) is 0 Å². The minimum atomic E-state index is -1.10. The van der Waals surface area contributed by atoms with Crippen molar-refractivity contribution in [1.29, 1.82) is 0 Å². The molecule has 0 aromatic carbocycles. The summed E-state index contributed by atoms with van der Waals surface area (Å²) in [4.78, 5) is 32.5. The second-order valence-corrected chi connectivity index (χ2v) is 8.23. The van der Waals surface area contributed by atoms with E-state index in [0.717, 1.165) is 12.8 Å². The summed E-state index contributed by atoms with van der Waals surface area (Å²) >= 11 is 0. The molecule has 42 heavy (non-hydrogen) atoms. The Balaban J connectivity index is 0. The molecule has 0 aliphatic carbocycles. The van der Waals surface area contributed by atoms with Crippen molar-refractivity contribution in [2.45, 2.75) is 19.8 Å². The Bertz CT molecular complexity index is 606. The van der Waals surface area contributed by atoms with Crippen molar-refractivity contribution in [2.24, 2.45) is 11.5 Å². The van der Waals surface area contributed by atoms with Gasteiger partial charge in [-0.3, -0.25) is 14.4 Å². The number of unbranched alkanes of at least 4 members (excludes halogenated alkanes) is 1. The summed E-state index contributed by atoms with van der Waals surface area (Å²) in [5.74, 6) is -1.65. The molecule has 250 valence electrons. The molecular weight excluding hydrogens is 560 g/mol. The number of amides is 2. The Hall–Kier alpha value is -1.99. The minimum Gasteiger partial charge on any atom is -0.480 e. The summed E-state index contributed by atoms with van der Waals surface area (Å²) in [6, 6.07) is 0. The average Bonchev–Trinajstić information content (AvgIpc) is 2.97. The zero-order valence-electron chi connectivity index (χ0n) is 25.1. The number of carbonyl (C=O) groups excluding carboxylic acids is 2. The molecule has 0 aliphatic heterocycles. The number of hydrogen-bond acceptors (Lipinski definition) is 13. The third-order valence-electron chi connectivity index (χ3n) is 4.51. The van der Waals surface area contributed by atoms with Gasteiger partial charge in [-0.15, -0.1) is 0 Å². The fraction of sp³-hybridized carbons (Fsp3) is 0.885. The molecule has 0 fully saturated rings. The highest BCUT2D eigenvalue weighted by atomic mass is 16.6. The second-order valence-electron chi connectivity index (χ2n) is 8.23. The predicted octanol–water partition coefficient (Wildman–Crippen LogP) is -1.86. The molecule has 0 rings (SSSR count). The van der Waals surface area contributed by atoms with Crippen LogP contribution >= 0.6 is 0 Å². The zero-order chi connectivity index (χ0) is 31.4. The average molecular weight is 615 g/mol. The van der Waals surface area contributed by atoms with Gasteiger partial charge in [0.15, 0.2) is 0 Å². The smallest absolute Gasteiger partial charge is 0.322 e. The van der Waals surface area contributed by atoms with Gasteiger partial charge in [-0.1, -0.05) is 13.3 Å². The monoisotopic (exact) mass is 614 g/mol. The van der Waals surface area contributed by atoms with Crippen LogP contribution in [-0.2, 0) is 52.3 Å². The van der Waals surface area contributed by atoms with Crippen LogP contribution in [0.4, 0.5) is 0 Å². The number of ether oxygens (including phenoxy) is 8. The van der Waals surface area contributed by atoms with E-state index in [0.29, 0.717) is 106 Å². The first-order chi connectivity index (χ1) is 20.5. The van der Waals surface area contributed by atoms with E-state index in [-0.39, 0.29) is 25.7 Å². The number of carboxylic acids is 1. The Morgan fingerprint density at radius 1 is 0.548 bits per heavy atom. The summed E-state index contributed by atoms with van der Waals surface area (Å²) < 4.78 is 41.5. The van der Waals surface area contributed by atoms with Crippen molar-refractivity contribution in [1.82, 2.24) is 10.6 Å². The van der Waals surface area contributed by atoms with Crippen molar-refractivity contribution >= 4 is 17.8 Å². The maximum atomic E-state index is 11.3. The van der Waals surface area contributed by atoms with Gasteiger partial charge in [0.1, 0.15) is 19.8 Å². The van der Waals surface area contributed by atoms with Gasteiger partial charge in [-0.25, -0.2) is 0 Å². The number of rotatable bonds is 31. The van der Waals surface area contributed by atoms with Crippen LogP contribution in [0.2, 0.25) is 0 Å². The lowest BCUT2D eigenvalue weighted by atomic mass is 10.3. The molecule has 0 saturated heterocycles. The molecule has 0 unspecified atom stereocenters. The fourth-order valence-electron chi connectivity index (χ4n) is 2.50. The van der Waals surface area contributed by atoms with E-state index < -0.39 is 18.4 Å². The Morgan fingerprint density at radius 2 is 0.881 bits per heavy atom. The Morgan fingerprint density at radius 3 is 1.21 bits per heavy atom. The summed E-state index contributed by atoms with van der Waals surface area (Å²) in [6.07, 6.45) is 2.06. The molecule has 0 atom stereocenters. The number of aliphatic carboxylic acids is 1. The van der Waals surface area contributed by atoms with Crippen LogP contribution in [0.3, 0.4) is 0 Å². The first-order valence-electron chi connectivity index (χ1n) is 14.2. The normalized spacial score (nSPS) is 10.6. The summed E-state index contributed by atoms with van der Waals surface area (Å²) in [6.45, 7) is 9.80. The number of carbonyl (C=O) groups is 3. The number of carboxylic acid groups (broad SMARTS) is 1. The molecule has 0 spiro atoms. The molecule has 0 saturated carbocycles. The van der Waals surface area contributed by atoms with E-state index in [4.69, 9.17) is 54.5 Å². The Labute approximate surface area is 249 Å². The highest BCUT2D eigenvalue weighted by Gasteiger charge is 2.03. The van der Waals surface area contributed by atoms with Crippen LogP contribution in [0.5, 0.6) is 0 Å². The van der Waals surface area contributed by atoms with E-state index in [2.05, 4.69) is 17.6 Å². The van der Waals surface area contributed by atoms with Crippen LogP contribution in [0.25, 0.3) is 0 Å². The lowest BCUT2D eigenvalue weighted by Crippen LogP contribution is -2.32. The third kappa shape index (κ3) is 40.2. The van der Waals surface area contributed by atoms with Gasteiger partial charge in [0.25, 0.3) is 0 Å². The molecule has 2 amide bonds. The quantitative estimate of drug-likeness (QED) is 0.0541. The highest BCUT2D eigenvalue weighted by molar-refractivity contribution is 5.81. The molecule has 0 aromatic rings. The van der Waals surface area contributed by atoms with Crippen LogP contribution in [0, 0.1) is 0 Å². The first-order valence-corrected chi connectivity index (χ1v) is 14.2. The lowest BCUT2D eigenvalue weighted by molar-refractivity contribution is -0.138. The fourth-order valence-corrected chi connectivity index (χ4v) is 2.50. The summed E-state index contributed by atoms with van der Waals surface area (Å²) in [7, 11) is 0.